The van der Waals surface area contributed by atoms with Gasteiger partial charge < -0.3 is 10.1 Å². The van der Waals surface area contributed by atoms with Crippen LogP contribution in [0.1, 0.15) is 39.0 Å². The van der Waals surface area contributed by atoms with E-state index in [-0.39, 0.29) is 6.10 Å². The minimum atomic E-state index is 0.285. The van der Waals surface area contributed by atoms with Crippen LogP contribution in [0.3, 0.4) is 0 Å². The van der Waals surface area contributed by atoms with Gasteiger partial charge in [-0.05, 0) is 20.8 Å². The summed E-state index contributed by atoms with van der Waals surface area (Å²) in [6, 6.07) is 0.502. The Bertz CT molecular complexity index is 331. The Balaban J connectivity index is 2.46. The molecule has 0 radical (unpaired) electrons. The maximum Gasteiger partial charge on any atom is 0.0666 e. The van der Waals surface area contributed by atoms with E-state index in [0.29, 0.717) is 6.04 Å². The molecule has 0 unspecified atom stereocenters. The van der Waals surface area contributed by atoms with Crippen LogP contribution in [-0.2, 0) is 17.8 Å². The molecule has 0 atom stereocenters. The number of ether oxygens (including phenoxy) is 1. The summed E-state index contributed by atoms with van der Waals surface area (Å²) in [7, 11) is 0. The predicted molar refractivity (Wildman–Crippen MR) is 70.0 cm³/mol. The second-order valence-corrected chi connectivity index (χ2v) is 4.93. The van der Waals surface area contributed by atoms with Crippen molar-refractivity contribution in [2.75, 3.05) is 6.61 Å². The largest absolute Gasteiger partial charge is 0.377 e. The Kier molecular flexibility index (Phi) is 5.65. The Hall–Kier alpha value is -0.870. The lowest BCUT2D eigenvalue weighted by molar-refractivity contribution is 0.0706. The molecule has 1 aromatic heterocycles. The lowest BCUT2D eigenvalue weighted by Crippen LogP contribution is -2.22. The predicted octanol–water partition coefficient (Wildman–Crippen LogP) is 2.11. The van der Waals surface area contributed by atoms with Crippen molar-refractivity contribution in [3.05, 3.63) is 17.5 Å². The molecule has 4 heteroatoms. The average molecular weight is 239 g/mol. The third-order valence-electron chi connectivity index (χ3n) is 2.66. The highest BCUT2D eigenvalue weighted by Crippen LogP contribution is 2.07. The second kappa shape index (κ2) is 6.77. The van der Waals surface area contributed by atoms with Crippen molar-refractivity contribution in [2.24, 2.45) is 0 Å². The van der Waals surface area contributed by atoms with Gasteiger partial charge in [0, 0.05) is 23.8 Å². The Morgan fingerprint density at radius 2 is 2.06 bits per heavy atom. The standard InChI is InChI=1S/C13H25N3O/c1-10(2)14-8-13-9-15-16(12(13)5)6-7-17-11(3)4/h9-11,14H,6-8H2,1-5H3. The van der Waals surface area contributed by atoms with E-state index in [0.717, 1.165) is 19.7 Å². The molecule has 1 heterocycles. The van der Waals surface area contributed by atoms with Gasteiger partial charge in [0.15, 0.2) is 0 Å². The topological polar surface area (TPSA) is 39.1 Å². The third kappa shape index (κ3) is 4.88. The highest BCUT2D eigenvalue weighted by atomic mass is 16.5. The minimum absolute atomic E-state index is 0.285. The third-order valence-corrected chi connectivity index (χ3v) is 2.66. The van der Waals surface area contributed by atoms with E-state index in [9.17, 15) is 0 Å². The van der Waals surface area contributed by atoms with Crippen molar-refractivity contribution in [3.63, 3.8) is 0 Å². The minimum Gasteiger partial charge on any atom is -0.377 e. The molecule has 0 bridgehead atoms. The zero-order chi connectivity index (χ0) is 12.8. The molecule has 98 valence electrons. The Labute approximate surface area is 104 Å². The fraction of sp³-hybridized carbons (Fsp3) is 0.769. The SMILES string of the molecule is Cc1c(CNC(C)C)cnn1CCOC(C)C. The van der Waals surface area contributed by atoms with Gasteiger partial charge in [0.25, 0.3) is 0 Å². The summed E-state index contributed by atoms with van der Waals surface area (Å²) >= 11 is 0. The van der Waals surface area contributed by atoms with E-state index < -0.39 is 0 Å². The van der Waals surface area contributed by atoms with Gasteiger partial charge in [0.1, 0.15) is 0 Å². The molecule has 0 fully saturated rings. The summed E-state index contributed by atoms with van der Waals surface area (Å²) in [4.78, 5) is 0. The molecular formula is C13H25N3O. The van der Waals surface area contributed by atoms with Crippen LogP contribution in [0.5, 0.6) is 0 Å². The molecule has 0 saturated heterocycles. The molecule has 0 aliphatic carbocycles. The van der Waals surface area contributed by atoms with E-state index in [1.54, 1.807) is 0 Å². The van der Waals surface area contributed by atoms with Crippen LogP contribution in [-0.4, -0.2) is 28.5 Å². The number of hydrogen-bond acceptors (Lipinski definition) is 3. The first-order chi connectivity index (χ1) is 8.00. The summed E-state index contributed by atoms with van der Waals surface area (Å²) in [6.45, 7) is 12.9. The maximum absolute atomic E-state index is 5.53. The first-order valence-corrected chi connectivity index (χ1v) is 6.37. The average Bonchev–Trinajstić information content (AvgIpc) is 2.57. The van der Waals surface area contributed by atoms with Gasteiger partial charge >= 0.3 is 0 Å². The van der Waals surface area contributed by atoms with Crippen LogP contribution >= 0.6 is 0 Å². The summed E-state index contributed by atoms with van der Waals surface area (Å²) in [5.41, 5.74) is 2.49. The van der Waals surface area contributed by atoms with Crippen molar-refractivity contribution in [1.29, 1.82) is 0 Å². The highest BCUT2D eigenvalue weighted by Gasteiger charge is 2.06. The van der Waals surface area contributed by atoms with Gasteiger partial charge in [-0.25, -0.2) is 0 Å². The Morgan fingerprint density at radius 3 is 2.65 bits per heavy atom. The van der Waals surface area contributed by atoms with E-state index in [1.807, 2.05) is 24.7 Å². The molecule has 0 spiro atoms. The molecule has 0 aliphatic rings. The summed E-state index contributed by atoms with van der Waals surface area (Å²) in [6.07, 6.45) is 2.23. The van der Waals surface area contributed by atoms with Crippen LogP contribution in [0.2, 0.25) is 0 Å². The zero-order valence-corrected chi connectivity index (χ0v) is 11.7. The molecule has 1 rings (SSSR count). The molecule has 0 amide bonds. The fourth-order valence-electron chi connectivity index (χ4n) is 1.57. The summed E-state index contributed by atoms with van der Waals surface area (Å²) in [5.74, 6) is 0. The first kappa shape index (κ1) is 14.2. The molecule has 17 heavy (non-hydrogen) atoms. The monoisotopic (exact) mass is 239 g/mol. The van der Waals surface area contributed by atoms with Crippen LogP contribution in [0.15, 0.2) is 6.20 Å². The van der Waals surface area contributed by atoms with Crippen LogP contribution < -0.4 is 5.32 Å². The number of nitrogens with zero attached hydrogens (tertiary/aromatic N) is 2. The molecule has 1 N–H and O–H groups in total. The van der Waals surface area contributed by atoms with Crippen LogP contribution in [0.25, 0.3) is 0 Å². The van der Waals surface area contributed by atoms with Gasteiger partial charge in [0.2, 0.25) is 0 Å². The van der Waals surface area contributed by atoms with Crippen molar-refractivity contribution in [1.82, 2.24) is 15.1 Å². The van der Waals surface area contributed by atoms with Crippen molar-refractivity contribution in [2.45, 2.75) is 59.9 Å². The van der Waals surface area contributed by atoms with E-state index >= 15 is 0 Å². The zero-order valence-electron chi connectivity index (χ0n) is 11.7. The highest BCUT2D eigenvalue weighted by molar-refractivity contribution is 5.15. The fourth-order valence-corrected chi connectivity index (χ4v) is 1.57. The lowest BCUT2D eigenvalue weighted by atomic mass is 10.2. The van der Waals surface area contributed by atoms with Gasteiger partial charge in [-0.3, -0.25) is 4.68 Å². The van der Waals surface area contributed by atoms with E-state index in [4.69, 9.17) is 4.74 Å². The summed E-state index contributed by atoms with van der Waals surface area (Å²) < 4.78 is 7.55. The number of hydrogen-bond donors (Lipinski definition) is 1. The quantitative estimate of drug-likeness (QED) is 0.792. The molecule has 0 aromatic carbocycles. The second-order valence-electron chi connectivity index (χ2n) is 4.93. The summed E-state index contributed by atoms with van der Waals surface area (Å²) in [5, 5.41) is 7.79. The molecule has 4 nitrogen and oxygen atoms in total. The lowest BCUT2D eigenvalue weighted by Gasteiger charge is -2.10. The molecular weight excluding hydrogens is 214 g/mol. The van der Waals surface area contributed by atoms with Crippen molar-refractivity contribution >= 4 is 0 Å². The van der Waals surface area contributed by atoms with Gasteiger partial charge in [0.05, 0.1) is 25.5 Å². The molecule has 1 aromatic rings. The van der Waals surface area contributed by atoms with Gasteiger partial charge in [-0.1, -0.05) is 13.8 Å². The van der Waals surface area contributed by atoms with E-state index in [2.05, 4.69) is 31.2 Å². The maximum atomic E-state index is 5.53. The normalized spacial score (nSPS) is 11.7. The molecule has 0 aliphatic heterocycles. The van der Waals surface area contributed by atoms with Gasteiger partial charge in [-0.2, -0.15) is 5.10 Å². The smallest absolute Gasteiger partial charge is 0.0666 e. The van der Waals surface area contributed by atoms with Crippen LogP contribution in [0.4, 0.5) is 0 Å². The molecule has 0 saturated carbocycles. The number of aromatic nitrogens is 2. The van der Waals surface area contributed by atoms with E-state index in [1.165, 1.54) is 11.3 Å². The first-order valence-electron chi connectivity index (χ1n) is 6.37. The van der Waals surface area contributed by atoms with Crippen LogP contribution in [0, 0.1) is 6.92 Å². The van der Waals surface area contributed by atoms with Gasteiger partial charge in [-0.15, -0.1) is 0 Å². The van der Waals surface area contributed by atoms with Crippen molar-refractivity contribution < 1.29 is 4.74 Å². The number of nitrogens with one attached hydrogen (secondary N) is 1. The number of rotatable bonds is 7. The Morgan fingerprint density at radius 1 is 1.35 bits per heavy atom. The van der Waals surface area contributed by atoms with Crippen molar-refractivity contribution in [3.8, 4) is 0 Å².